The van der Waals surface area contributed by atoms with Crippen LogP contribution < -0.4 is 5.73 Å². The number of fused-ring (bicyclic) bond motifs is 2. The Hall–Kier alpha value is -0.120. The number of rotatable bonds is 1. The van der Waals surface area contributed by atoms with Crippen LogP contribution in [-0.4, -0.2) is 42.3 Å². The number of ether oxygens (including phenoxy) is 1. The van der Waals surface area contributed by atoms with Crippen molar-refractivity contribution in [2.75, 3.05) is 13.1 Å². The van der Waals surface area contributed by atoms with Crippen molar-refractivity contribution >= 4 is 0 Å². The molecule has 2 N–H and O–H groups in total. The van der Waals surface area contributed by atoms with Crippen molar-refractivity contribution in [3.63, 3.8) is 0 Å². The van der Waals surface area contributed by atoms with Gasteiger partial charge in [0.15, 0.2) is 0 Å². The Kier molecular flexibility index (Phi) is 2.26. The zero-order valence-corrected chi connectivity index (χ0v) is 8.69. The highest BCUT2D eigenvalue weighted by Gasteiger charge is 2.38. The summed E-state index contributed by atoms with van der Waals surface area (Å²) in [7, 11) is 0. The van der Waals surface area contributed by atoms with E-state index in [9.17, 15) is 0 Å². The monoisotopic (exact) mass is 196 g/mol. The largest absolute Gasteiger partial charge is 0.372 e. The molecule has 80 valence electrons. The van der Waals surface area contributed by atoms with Gasteiger partial charge in [0.25, 0.3) is 0 Å². The summed E-state index contributed by atoms with van der Waals surface area (Å²) in [6, 6.07) is 1.22. The van der Waals surface area contributed by atoms with Crippen LogP contribution in [0.2, 0.25) is 0 Å². The molecule has 14 heavy (non-hydrogen) atoms. The lowest BCUT2D eigenvalue weighted by Gasteiger charge is -2.36. The van der Waals surface area contributed by atoms with Gasteiger partial charge in [0.05, 0.1) is 12.2 Å². The second-order valence-corrected chi connectivity index (χ2v) is 5.14. The van der Waals surface area contributed by atoms with Gasteiger partial charge in [0, 0.05) is 25.2 Å². The number of hydrogen-bond acceptors (Lipinski definition) is 3. The van der Waals surface area contributed by atoms with Crippen LogP contribution in [0.5, 0.6) is 0 Å². The number of nitrogens with two attached hydrogens (primary N) is 1. The van der Waals surface area contributed by atoms with Gasteiger partial charge >= 0.3 is 0 Å². The molecule has 2 bridgehead atoms. The van der Waals surface area contributed by atoms with Gasteiger partial charge < -0.3 is 10.5 Å². The van der Waals surface area contributed by atoms with E-state index < -0.39 is 0 Å². The quantitative estimate of drug-likeness (QED) is 0.672. The van der Waals surface area contributed by atoms with E-state index in [4.69, 9.17) is 10.5 Å². The highest BCUT2D eigenvalue weighted by atomic mass is 16.5. The van der Waals surface area contributed by atoms with E-state index in [0.717, 1.165) is 19.1 Å². The second kappa shape index (κ2) is 3.47. The molecule has 4 atom stereocenters. The van der Waals surface area contributed by atoms with Crippen molar-refractivity contribution in [1.82, 2.24) is 4.90 Å². The van der Waals surface area contributed by atoms with E-state index in [-0.39, 0.29) is 0 Å². The van der Waals surface area contributed by atoms with E-state index in [1.54, 1.807) is 0 Å². The summed E-state index contributed by atoms with van der Waals surface area (Å²) in [6.45, 7) is 2.32. The van der Waals surface area contributed by atoms with Crippen LogP contribution in [0.3, 0.4) is 0 Å². The zero-order valence-electron chi connectivity index (χ0n) is 8.69. The van der Waals surface area contributed by atoms with Gasteiger partial charge in [-0.3, -0.25) is 4.90 Å². The third kappa shape index (κ3) is 1.58. The molecule has 0 aromatic rings. The number of morpholine rings is 1. The molecule has 2 aliphatic heterocycles. The van der Waals surface area contributed by atoms with Gasteiger partial charge in [-0.1, -0.05) is 0 Å². The van der Waals surface area contributed by atoms with Crippen LogP contribution >= 0.6 is 0 Å². The third-order valence-electron chi connectivity index (χ3n) is 4.03. The summed E-state index contributed by atoms with van der Waals surface area (Å²) in [6.07, 6.45) is 7.35. The van der Waals surface area contributed by atoms with Crippen molar-refractivity contribution in [1.29, 1.82) is 0 Å². The molecule has 3 fully saturated rings. The third-order valence-corrected chi connectivity index (χ3v) is 4.03. The van der Waals surface area contributed by atoms with Crippen molar-refractivity contribution < 1.29 is 4.74 Å². The fourth-order valence-electron chi connectivity index (χ4n) is 3.27. The Labute approximate surface area is 85.6 Å². The van der Waals surface area contributed by atoms with Gasteiger partial charge in [-0.15, -0.1) is 0 Å². The minimum absolute atomic E-state index is 0.459. The standard InChI is InChI=1S/C11H20N2O/c12-8-1-2-9(5-8)13-6-10-3-4-11(7-13)14-10/h8-11H,1-7,12H2. The summed E-state index contributed by atoms with van der Waals surface area (Å²) in [5.74, 6) is 0. The summed E-state index contributed by atoms with van der Waals surface area (Å²) < 4.78 is 5.84. The van der Waals surface area contributed by atoms with E-state index in [1.807, 2.05) is 0 Å². The fourth-order valence-corrected chi connectivity index (χ4v) is 3.27. The highest BCUT2D eigenvalue weighted by molar-refractivity contribution is 4.92. The Morgan fingerprint density at radius 1 is 1.00 bits per heavy atom. The summed E-state index contributed by atoms with van der Waals surface area (Å²) in [4.78, 5) is 2.64. The Morgan fingerprint density at radius 2 is 1.71 bits per heavy atom. The van der Waals surface area contributed by atoms with Crippen LogP contribution in [0.4, 0.5) is 0 Å². The number of nitrogens with zero attached hydrogens (tertiary/aromatic N) is 1. The molecule has 0 radical (unpaired) electrons. The summed E-state index contributed by atoms with van der Waals surface area (Å²) >= 11 is 0. The SMILES string of the molecule is NC1CCC(N2CC3CCC(C2)O3)C1. The zero-order chi connectivity index (χ0) is 9.54. The first-order valence-electron chi connectivity index (χ1n) is 5.96. The first-order chi connectivity index (χ1) is 6.81. The van der Waals surface area contributed by atoms with Crippen LogP contribution in [0.1, 0.15) is 32.1 Å². The first kappa shape index (κ1) is 9.13. The maximum atomic E-state index is 5.96. The summed E-state index contributed by atoms with van der Waals surface area (Å²) in [5, 5.41) is 0. The van der Waals surface area contributed by atoms with Gasteiger partial charge in [-0.25, -0.2) is 0 Å². The second-order valence-electron chi connectivity index (χ2n) is 5.14. The van der Waals surface area contributed by atoms with Gasteiger partial charge in [-0.05, 0) is 32.1 Å². The van der Waals surface area contributed by atoms with E-state index in [0.29, 0.717) is 18.2 Å². The lowest BCUT2D eigenvalue weighted by atomic mass is 10.1. The lowest BCUT2D eigenvalue weighted by molar-refractivity contribution is -0.0519. The molecule has 3 nitrogen and oxygen atoms in total. The molecule has 3 rings (SSSR count). The minimum Gasteiger partial charge on any atom is -0.372 e. The van der Waals surface area contributed by atoms with E-state index >= 15 is 0 Å². The molecule has 0 spiro atoms. The average molecular weight is 196 g/mol. The van der Waals surface area contributed by atoms with Crippen LogP contribution in [0, 0.1) is 0 Å². The molecule has 1 saturated carbocycles. The molecule has 2 saturated heterocycles. The normalized spacial score (nSPS) is 48.6. The predicted molar refractivity (Wildman–Crippen MR) is 55.1 cm³/mol. The maximum absolute atomic E-state index is 5.96. The number of likely N-dealkylation sites (tertiary alicyclic amines) is 1. The Morgan fingerprint density at radius 3 is 2.29 bits per heavy atom. The smallest absolute Gasteiger partial charge is 0.0707 e. The molecule has 1 aliphatic carbocycles. The average Bonchev–Trinajstić information content (AvgIpc) is 2.73. The maximum Gasteiger partial charge on any atom is 0.0707 e. The topological polar surface area (TPSA) is 38.5 Å². The van der Waals surface area contributed by atoms with Crippen molar-refractivity contribution in [2.45, 2.75) is 56.4 Å². The lowest BCUT2D eigenvalue weighted by Crippen LogP contribution is -2.47. The van der Waals surface area contributed by atoms with E-state index in [2.05, 4.69) is 4.90 Å². The molecule has 2 heterocycles. The molecule has 0 aromatic heterocycles. The van der Waals surface area contributed by atoms with Gasteiger partial charge in [-0.2, -0.15) is 0 Å². The summed E-state index contributed by atoms with van der Waals surface area (Å²) in [5.41, 5.74) is 5.96. The molecule has 3 aliphatic rings. The Balaban J connectivity index is 1.63. The fraction of sp³-hybridized carbons (Fsp3) is 1.00. The van der Waals surface area contributed by atoms with Gasteiger partial charge in [0.1, 0.15) is 0 Å². The Bertz CT molecular complexity index is 209. The first-order valence-corrected chi connectivity index (χ1v) is 5.96. The van der Waals surface area contributed by atoms with Crippen LogP contribution in [0.15, 0.2) is 0 Å². The minimum atomic E-state index is 0.459. The number of hydrogen-bond donors (Lipinski definition) is 1. The van der Waals surface area contributed by atoms with Crippen molar-refractivity contribution in [2.24, 2.45) is 5.73 Å². The molecule has 3 heteroatoms. The van der Waals surface area contributed by atoms with Gasteiger partial charge in [0.2, 0.25) is 0 Å². The van der Waals surface area contributed by atoms with E-state index in [1.165, 1.54) is 32.1 Å². The highest BCUT2D eigenvalue weighted by Crippen LogP contribution is 2.31. The molecule has 0 aromatic carbocycles. The molecular formula is C11H20N2O. The predicted octanol–water partition coefficient (Wildman–Crippen LogP) is 0.729. The molecule has 0 amide bonds. The van der Waals surface area contributed by atoms with Crippen LogP contribution in [-0.2, 0) is 4.74 Å². The molecule has 4 unspecified atom stereocenters. The van der Waals surface area contributed by atoms with Crippen LogP contribution in [0.25, 0.3) is 0 Å². The molecular weight excluding hydrogens is 176 g/mol. The van der Waals surface area contributed by atoms with Crippen molar-refractivity contribution in [3.05, 3.63) is 0 Å². The van der Waals surface area contributed by atoms with Crippen molar-refractivity contribution in [3.8, 4) is 0 Å².